The van der Waals surface area contributed by atoms with Crippen LogP contribution in [0.2, 0.25) is 0 Å². The third kappa shape index (κ3) is 6.25. The minimum atomic E-state index is -1.10. The molecule has 0 fully saturated rings. The monoisotopic (exact) mass is 529 g/mol. The van der Waals surface area contributed by atoms with Gasteiger partial charge in [0.15, 0.2) is 11.2 Å². The average Bonchev–Trinajstić information content (AvgIpc) is 3.12. The molecule has 2 aromatic rings. The highest BCUT2D eigenvalue weighted by molar-refractivity contribution is 5.82. The second-order valence-corrected chi connectivity index (χ2v) is 8.14. The second kappa shape index (κ2) is 12.3. The van der Waals surface area contributed by atoms with E-state index in [2.05, 4.69) is 24.7 Å². The van der Waals surface area contributed by atoms with E-state index in [-0.39, 0.29) is 35.5 Å². The van der Waals surface area contributed by atoms with Gasteiger partial charge in [0.05, 0.1) is 24.3 Å². The quantitative estimate of drug-likeness (QED) is 0.162. The van der Waals surface area contributed by atoms with Crippen LogP contribution in [0.4, 0.5) is 0 Å². The van der Waals surface area contributed by atoms with Crippen molar-refractivity contribution in [2.75, 3.05) is 0 Å². The summed E-state index contributed by atoms with van der Waals surface area (Å²) in [6.45, 7) is 20.7. The maximum absolute atomic E-state index is 13.6. The van der Waals surface area contributed by atoms with Gasteiger partial charge in [-0.25, -0.2) is 24.0 Å². The van der Waals surface area contributed by atoms with E-state index in [4.69, 9.17) is 20.8 Å². The van der Waals surface area contributed by atoms with Crippen molar-refractivity contribution in [3.63, 3.8) is 0 Å². The lowest BCUT2D eigenvalue weighted by Crippen LogP contribution is -2.40. The molecule has 0 aliphatic carbocycles. The molecule has 0 radical (unpaired) electrons. The van der Waals surface area contributed by atoms with Gasteiger partial charge in [-0.3, -0.25) is 18.5 Å². The fourth-order valence-electron chi connectivity index (χ4n) is 3.67. The molecule has 0 aliphatic rings. The van der Waals surface area contributed by atoms with Gasteiger partial charge in [0, 0.05) is 18.2 Å². The molecule has 0 bridgehead atoms. The van der Waals surface area contributed by atoms with Crippen molar-refractivity contribution in [3.05, 3.63) is 80.8 Å². The number of carbonyl (C=O) groups is 3. The van der Waals surface area contributed by atoms with Crippen LogP contribution in [0.15, 0.2) is 52.3 Å². The molecule has 2 aromatic heterocycles. The number of esters is 3. The molecule has 0 aromatic carbocycles. The molecule has 0 saturated heterocycles. The van der Waals surface area contributed by atoms with E-state index in [1.807, 2.05) is 0 Å². The lowest BCUT2D eigenvalue weighted by molar-refractivity contribution is -0.143. The van der Waals surface area contributed by atoms with Crippen LogP contribution in [0.25, 0.3) is 16.1 Å². The number of rotatable bonds is 12. The highest BCUT2D eigenvalue weighted by Crippen LogP contribution is 2.13. The maximum Gasteiger partial charge on any atom is 0.401 e. The van der Waals surface area contributed by atoms with Crippen LogP contribution in [-0.4, -0.2) is 54.6 Å². The fraction of sp³-hybridized carbons (Fsp3) is 0.375. The molecule has 3 unspecified atom stereocenters. The Hall–Kier alpha value is -4.93. The lowest BCUT2D eigenvalue weighted by Gasteiger charge is -2.17. The zero-order chi connectivity index (χ0) is 28.7. The van der Waals surface area contributed by atoms with Crippen molar-refractivity contribution in [1.29, 1.82) is 0 Å². The van der Waals surface area contributed by atoms with Crippen molar-refractivity contribution in [2.45, 2.75) is 58.7 Å². The summed E-state index contributed by atoms with van der Waals surface area (Å²) in [5.41, 5.74) is -3.56. The van der Waals surface area contributed by atoms with E-state index in [1.54, 1.807) is 0 Å². The van der Waals surface area contributed by atoms with Crippen LogP contribution < -0.4 is 16.9 Å². The molecule has 14 nitrogen and oxygen atoms in total. The Bertz CT molecular complexity index is 1520. The van der Waals surface area contributed by atoms with E-state index >= 15 is 0 Å². The van der Waals surface area contributed by atoms with Gasteiger partial charge in [-0.15, -0.1) is 4.95 Å². The minimum Gasteiger partial charge on any atom is -0.458 e. The molecule has 0 spiro atoms. The summed E-state index contributed by atoms with van der Waals surface area (Å²) >= 11 is 0. The van der Waals surface area contributed by atoms with Crippen LogP contribution in [-0.2, 0) is 48.2 Å². The lowest BCUT2D eigenvalue weighted by atomic mass is 10.3. The summed E-state index contributed by atoms with van der Waals surface area (Å²) in [6, 6.07) is 0. The number of fused-ring (bicyclic) bond motifs is 1. The molecule has 38 heavy (non-hydrogen) atoms. The molecular weight excluding hydrogens is 502 g/mol. The third-order valence-electron chi connectivity index (χ3n) is 5.13. The number of nitrogens with zero attached hydrogens (tertiary/aromatic N) is 5. The zero-order valence-electron chi connectivity index (χ0n) is 21.1. The second-order valence-electron chi connectivity index (χ2n) is 8.14. The first kappa shape index (κ1) is 29.3. The molecule has 14 heteroatoms. The third-order valence-corrected chi connectivity index (χ3v) is 5.13. The van der Waals surface area contributed by atoms with Crippen LogP contribution >= 0.6 is 0 Å². The van der Waals surface area contributed by atoms with Gasteiger partial charge in [-0.2, -0.15) is 6.57 Å². The molecule has 2 rings (SSSR count). The summed E-state index contributed by atoms with van der Waals surface area (Å²) in [7, 11) is 0. The minimum absolute atomic E-state index is 0.213. The number of hydrogen-bond donors (Lipinski definition) is 0. The number of hydrogen-bond acceptors (Lipinski definition) is 9. The van der Waals surface area contributed by atoms with Gasteiger partial charge in [-0.05, 0) is 20.8 Å². The molecule has 3 atom stereocenters. The molecule has 0 aliphatic heterocycles. The number of ether oxygens (including phenoxy) is 3. The first-order valence-electron chi connectivity index (χ1n) is 11.3. The summed E-state index contributed by atoms with van der Waals surface area (Å²) in [4.78, 5) is 78.0. The number of carbonyl (C=O) groups excluding carboxylic acids is 3. The summed E-state index contributed by atoms with van der Waals surface area (Å²) in [5.74, 6) is -2.32. The van der Waals surface area contributed by atoms with Gasteiger partial charge >= 0.3 is 34.8 Å². The number of imidazole rings is 1. The van der Waals surface area contributed by atoms with Gasteiger partial charge in [0.25, 0.3) is 0 Å². The molecule has 2 heterocycles. The Morgan fingerprint density at radius 3 is 1.50 bits per heavy atom. The van der Waals surface area contributed by atoms with Gasteiger partial charge in [0.2, 0.25) is 0 Å². The predicted molar refractivity (Wildman–Crippen MR) is 134 cm³/mol. The first-order chi connectivity index (χ1) is 17.9. The topological polar surface area (TPSA) is 154 Å². The van der Waals surface area contributed by atoms with Crippen molar-refractivity contribution in [1.82, 2.24) is 18.4 Å². The predicted octanol–water partition coefficient (Wildman–Crippen LogP) is 0.162. The van der Waals surface area contributed by atoms with Gasteiger partial charge < -0.3 is 14.2 Å². The number of aromatic nitrogens is 4. The van der Waals surface area contributed by atoms with E-state index < -0.39 is 53.2 Å². The van der Waals surface area contributed by atoms with Crippen molar-refractivity contribution < 1.29 is 28.6 Å². The normalized spacial score (nSPS) is 13.0. The zero-order valence-corrected chi connectivity index (χ0v) is 21.1. The molecular formula is C24H27N5O9. The van der Waals surface area contributed by atoms with Crippen molar-refractivity contribution >= 4 is 29.1 Å². The van der Waals surface area contributed by atoms with Gasteiger partial charge in [-0.1, -0.05) is 19.7 Å². The van der Waals surface area contributed by atoms with Crippen LogP contribution in [0.3, 0.4) is 0 Å². The van der Waals surface area contributed by atoms with Crippen molar-refractivity contribution in [2.24, 2.45) is 0 Å². The smallest absolute Gasteiger partial charge is 0.401 e. The Labute approximate surface area is 216 Å². The summed E-state index contributed by atoms with van der Waals surface area (Å²) < 4.78 is 18.6. The average molecular weight is 530 g/mol. The largest absolute Gasteiger partial charge is 0.458 e. The molecule has 0 amide bonds. The Balaban J connectivity index is 2.88. The van der Waals surface area contributed by atoms with E-state index in [0.717, 1.165) is 31.9 Å². The van der Waals surface area contributed by atoms with E-state index in [0.29, 0.717) is 0 Å². The van der Waals surface area contributed by atoms with Crippen LogP contribution in [0.5, 0.6) is 0 Å². The van der Waals surface area contributed by atoms with E-state index in [1.165, 1.54) is 20.8 Å². The van der Waals surface area contributed by atoms with Crippen LogP contribution in [0, 0.1) is 6.57 Å². The van der Waals surface area contributed by atoms with Gasteiger partial charge in [0.1, 0.15) is 18.3 Å². The SMILES string of the molecule is [C-]#[N+]n1c(=O)c2c(n(CC(C)OC(=O)C=C)c1=O)n(CC(C)OC(=O)C=C)c(=O)n2CC(C)OC(=O)C=C. The molecule has 0 N–H and O–H groups in total. The van der Waals surface area contributed by atoms with Crippen LogP contribution in [0.1, 0.15) is 20.8 Å². The van der Waals surface area contributed by atoms with E-state index in [9.17, 15) is 28.8 Å². The van der Waals surface area contributed by atoms with Crippen molar-refractivity contribution in [3.8, 4) is 0 Å². The molecule has 0 saturated carbocycles. The Morgan fingerprint density at radius 2 is 1.13 bits per heavy atom. The molecule has 202 valence electrons. The highest BCUT2D eigenvalue weighted by Gasteiger charge is 2.29. The highest BCUT2D eigenvalue weighted by atomic mass is 16.6. The fourth-order valence-corrected chi connectivity index (χ4v) is 3.67. The Kier molecular flexibility index (Phi) is 9.52. The maximum atomic E-state index is 13.6. The summed E-state index contributed by atoms with van der Waals surface area (Å²) in [6.07, 6.45) is -0.0269. The first-order valence-corrected chi connectivity index (χ1v) is 11.3. The Morgan fingerprint density at radius 1 is 0.763 bits per heavy atom. The standard InChI is InChI=1S/C24H27N5O9/c1-8-17(30)36-14(4)11-26-20-21(27(23(26)34)12-15(5)37-18(31)9-2)28(13-16(6)38-19(32)10-3)24(35)29(25-7)22(20)33/h8-10,14-16H,1-3,11-13H2,4-6H3. The summed E-state index contributed by atoms with van der Waals surface area (Å²) in [5, 5.41) is 0.